The maximum absolute atomic E-state index is 12.2. The van der Waals surface area contributed by atoms with E-state index in [1.54, 1.807) is 6.20 Å². The molecule has 1 amide bonds. The molecule has 38 heavy (non-hydrogen) atoms. The van der Waals surface area contributed by atoms with Crippen molar-refractivity contribution < 1.29 is 14.3 Å². The molecule has 1 unspecified atom stereocenters. The maximum Gasteiger partial charge on any atom is 0.247 e. The summed E-state index contributed by atoms with van der Waals surface area (Å²) in [5.74, 6) is 2.27. The summed E-state index contributed by atoms with van der Waals surface area (Å²) in [6.07, 6.45) is 5.40. The third kappa shape index (κ3) is 5.73. The van der Waals surface area contributed by atoms with E-state index in [4.69, 9.17) is 9.47 Å². The lowest BCUT2D eigenvalue weighted by atomic mass is 10.1. The van der Waals surface area contributed by atoms with Gasteiger partial charge in [-0.05, 0) is 75.4 Å². The second kappa shape index (κ2) is 10.9. The van der Waals surface area contributed by atoms with Gasteiger partial charge in [-0.25, -0.2) is 9.97 Å². The van der Waals surface area contributed by atoms with Gasteiger partial charge in [0, 0.05) is 35.9 Å². The molecule has 9 heteroatoms. The zero-order chi connectivity index (χ0) is 26.6. The first-order valence-electron chi connectivity index (χ1n) is 12.4. The van der Waals surface area contributed by atoms with Crippen LogP contribution in [0.2, 0.25) is 0 Å². The average molecular weight is 511 g/mol. The summed E-state index contributed by atoms with van der Waals surface area (Å²) in [5.41, 5.74) is 3.96. The number of aromatic nitrogens is 3. The van der Waals surface area contributed by atoms with Crippen molar-refractivity contribution in [2.75, 3.05) is 30.8 Å². The number of anilines is 3. The zero-order valence-electron chi connectivity index (χ0n) is 21.7. The molecule has 0 bridgehead atoms. The molecule has 1 saturated heterocycles. The van der Waals surface area contributed by atoms with Gasteiger partial charge in [-0.2, -0.15) is 0 Å². The lowest BCUT2D eigenvalue weighted by Gasteiger charge is -2.18. The number of benzene rings is 2. The number of hydrogen-bond acceptors (Lipinski definition) is 8. The standard InChI is InChI=1S/C29H30N6O3/c1-5-28(36)34-25-13-23-24(14-27(25)38-22-10-11-35(4)16-22)31-17-32-29(23)33-20-7-9-26(18(2)12-20)37-21-8-6-19(3)30-15-21/h5-9,12-15,17,22H,1,10-11,16H2,2-4H3,(H,34,36)(H,31,32,33). The number of ether oxygens (including phenoxy) is 2. The van der Waals surface area contributed by atoms with Crippen molar-refractivity contribution in [3.8, 4) is 17.2 Å². The quantitative estimate of drug-likeness (QED) is 0.305. The van der Waals surface area contributed by atoms with Crippen molar-refractivity contribution in [2.45, 2.75) is 26.4 Å². The first-order valence-corrected chi connectivity index (χ1v) is 12.4. The fraction of sp³-hybridized carbons (Fsp3) is 0.241. The normalized spacial score (nSPS) is 15.3. The van der Waals surface area contributed by atoms with Crippen LogP contribution in [0.25, 0.3) is 10.9 Å². The van der Waals surface area contributed by atoms with Gasteiger partial charge in [0.25, 0.3) is 0 Å². The van der Waals surface area contributed by atoms with Crippen LogP contribution in [0.4, 0.5) is 17.2 Å². The van der Waals surface area contributed by atoms with Crippen molar-refractivity contribution in [2.24, 2.45) is 0 Å². The molecule has 0 aliphatic carbocycles. The molecule has 2 aromatic carbocycles. The average Bonchev–Trinajstić information content (AvgIpc) is 3.32. The Bertz CT molecular complexity index is 1490. The van der Waals surface area contributed by atoms with Gasteiger partial charge in [0.1, 0.15) is 35.5 Å². The van der Waals surface area contributed by atoms with Gasteiger partial charge in [0.2, 0.25) is 5.91 Å². The van der Waals surface area contributed by atoms with Crippen LogP contribution in [0, 0.1) is 13.8 Å². The SMILES string of the molecule is C=CC(=O)Nc1cc2c(Nc3ccc(Oc4ccc(C)nc4)c(C)c3)ncnc2cc1OC1CCN(C)C1. The molecule has 3 heterocycles. The van der Waals surface area contributed by atoms with Crippen molar-refractivity contribution in [1.29, 1.82) is 0 Å². The minimum absolute atomic E-state index is 0.0377. The smallest absolute Gasteiger partial charge is 0.247 e. The Morgan fingerprint density at radius 3 is 2.68 bits per heavy atom. The summed E-state index contributed by atoms with van der Waals surface area (Å²) in [6.45, 7) is 9.27. The molecule has 1 fully saturated rings. The summed E-state index contributed by atoms with van der Waals surface area (Å²) in [5, 5.41) is 6.99. The Labute approximate surface area is 221 Å². The lowest BCUT2D eigenvalue weighted by molar-refractivity contribution is -0.111. The monoisotopic (exact) mass is 510 g/mol. The topological polar surface area (TPSA) is 102 Å². The minimum atomic E-state index is -0.320. The number of likely N-dealkylation sites (N-methyl/N-ethyl adjacent to an activating group) is 1. The molecule has 5 rings (SSSR count). The van der Waals surface area contributed by atoms with E-state index in [0.717, 1.165) is 47.6 Å². The summed E-state index contributed by atoms with van der Waals surface area (Å²) in [4.78, 5) is 27.6. The van der Waals surface area contributed by atoms with Crippen molar-refractivity contribution >= 4 is 34.0 Å². The van der Waals surface area contributed by atoms with Crippen LogP contribution in [0.15, 0.2) is 67.6 Å². The Morgan fingerprint density at radius 1 is 1.11 bits per heavy atom. The summed E-state index contributed by atoms with van der Waals surface area (Å²) in [6, 6.07) is 13.3. The molecule has 0 spiro atoms. The number of amides is 1. The number of nitrogens with one attached hydrogen (secondary N) is 2. The number of hydrogen-bond donors (Lipinski definition) is 2. The Hall–Kier alpha value is -4.50. The predicted molar refractivity (Wildman–Crippen MR) is 148 cm³/mol. The highest BCUT2D eigenvalue weighted by molar-refractivity contribution is 6.03. The molecule has 9 nitrogen and oxygen atoms in total. The van der Waals surface area contributed by atoms with E-state index in [2.05, 4.69) is 44.1 Å². The number of fused-ring (bicyclic) bond motifs is 1. The lowest BCUT2D eigenvalue weighted by Crippen LogP contribution is -2.22. The largest absolute Gasteiger partial charge is 0.487 e. The van der Waals surface area contributed by atoms with Gasteiger partial charge < -0.3 is 25.0 Å². The molecule has 1 atom stereocenters. The summed E-state index contributed by atoms with van der Waals surface area (Å²) < 4.78 is 12.3. The molecule has 194 valence electrons. The third-order valence-corrected chi connectivity index (χ3v) is 6.37. The highest BCUT2D eigenvalue weighted by Gasteiger charge is 2.23. The number of pyridine rings is 1. The fourth-order valence-electron chi connectivity index (χ4n) is 4.35. The first-order chi connectivity index (χ1) is 18.4. The van der Waals surface area contributed by atoms with Gasteiger partial charge in [-0.3, -0.25) is 9.78 Å². The Kier molecular flexibility index (Phi) is 7.19. The molecule has 1 aliphatic rings. The van der Waals surface area contributed by atoms with Crippen LogP contribution in [-0.4, -0.2) is 52.0 Å². The second-order valence-electron chi connectivity index (χ2n) is 9.41. The van der Waals surface area contributed by atoms with Gasteiger partial charge in [-0.1, -0.05) is 6.58 Å². The molecule has 0 radical (unpaired) electrons. The molecular formula is C29H30N6O3. The van der Waals surface area contributed by atoms with E-state index >= 15 is 0 Å². The van der Waals surface area contributed by atoms with Gasteiger partial charge in [0.15, 0.2) is 0 Å². The van der Waals surface area contributed by atoms with Crippen LogP contribution < -0.4 is 20.1 Å². The zero-order valence-corrected chi connectivity index (χ0v) is 21.7. The minimum Gasteiger partial charge on any atom is -0.487 e. The van der Waals surface area contributed by atoms with Crippen LogP contribution in [0.5, 0.6) is 17.2 Å². The molecule has 2 N–H and O–H groups in total. The number of likely N-dealkylation sites (tertiary alicyclic amines) is 1. The van der Waals surface area contributed by atoms with Gasteiger partial charge in [0.05, 0.1) is 17.4 Å². The van der Waals surface area contributed by atoms with Crippen LogP contribution in [0.1, 0.15) is 17.7 Å². The Morgan fingerprint density at radius 2 is 1.97 bits per heavy atom. The molecule has 4 aromatic rings. The maximum atomic E-state index is 12.2. The molecular weight excluding hydrogens is 480 g/mol. The number of nitrogens with zero attached hydrogens (tertiary/aromatic N) is 4. The van der Waals surface area contributed by atoms with Crippen LogP contribution in [-0.2, 0) is 4.79 Å². The fourth-order valence-corrected chi connectivity index (χ4v) is 4.35. The summed E-state index contributed by atoms with van der Waals surface area (Å²) >= 11 is 0. The van der Waals surface area contributed by atoms with Crippen molar-refractivity contribution in [3.05, 3.63) is 78.9 Å². The molecule has 1 aliphatic heterocycles. The van der Waals surface area contributed by atoms with Crippen LogP contribution >= 0.6 is 0 Å². The molecule has 2 aromatic heterocycles. The van der Waals surface area contributed by atoms with E-state index in [1.807, 2.05) is 56.3 Å². The second-order valence-corrected chi connectivity index (χ2v) is 9.41. The van der Waals surface area contributed by atoms with E-state index in [0.29, 0.717) is 28.5 Å². The van der Waals surface area contributed by atoms with E-state index in [-0.39, 0.29) is 12.0 Å². The highest BCUT2D eigenvalue weighted by atomic mass is 16.5. The van der Waals surface area contributed by atoms with Gasteiger partial charge >= 0.3 is 0 Å². The van der Waals surface area contributed by atoms with Crippen LogP contribution in [0.3, 0.4) is 0 Å². The number of rotatable bonds is 8. The highest BCUT2D eigenvalue weighted by Crippen LogP contribution is 2.35. The number of aryl methyl sites for hydroxylation is 2. The first kappa shape index (κ1) is 25.2. The van der Waals surface area contributed by atoms with Gasteiger partial charge in [-0.15, -0.1) is 0 Å². The number of carbonyl (C=O) groups is 1. The number of carbonyl (C=O) groups excluding carboxylic acids is 1. The van der Waals surface area contributed by atoms with Crippen molar-refractivity contribution in [3.63, 3.8) is 0 Å². The van der Waals surface area contributed by atoms with E-state index in [1.165, 1.54) is 12.4 Å². The van der Waals surface area contributed by atoms with Crippen molar-refractivity contribution in [1.82, 2.24) is 19.9 Å². The summed E-state index contributed by atoms with van der Waals surface area (Å²) in [7, 11) is 2.06. The third-order valence-electron chi connectivity index (χ3n) is 6.37. The molecule has 0 saturated carbocycles. The Balaban J connectivity index is 1.43. The van der Waals surface area contributed by atoms with E-state index in [9.17, 15) is 4.79 Å². The predicted octanol–water partition coefficient (Wildman–Crippen LogP) is 5.38. The van der Waals surface area contributed by atoms with E-state index < -0.39 is 0 Å².